The third-order valence-corrected chi connectivity index (χ3v) is 10.9. The minimum atomic E-state index is 1.21. The highest BCUT2D eigenvalue weighted by atomic mass is 14.2. The smallest absolute Gasteiger partial charge is 0.00259 e. The van der Waals surface area contributed by atoms with Crippen LogP contribution in [0.15, 0.2) is 200 Å². The van der Waals surface area contributed by atoms with E-state index in [1.807, 2.05) is 0 Å². The van der Waals surface area contributed by atoms with Crippen LogP contribution in [0.1, 0.15) is 5.56 Å². The van der Waals surface area contributed by atoms with Gasteiger partial charge in [0.25, 0.3) is 0 Å². The quantitative estimate of drug-likeness (QED) is 0.160. The molecule has 0 saturated carbocycles. The predicted molar refractivity (Wildman–Crippen MR) is 228 cm³/mol. The van der Waals surface area contributed by atoms with Gasteiger partial charge in [-0.3, -0.25) is 0 Å². The minimum absolute atomic E-state index is 1.21. The zero-order valence-corrected chi connectivity index (χ0v) is 29.6. The Morgan fingerprint density at radius 1 is 0.245 bits per heavy atom. The molecule has 0 aromatic heterocycles. The minimum Gasteiger partial charge on any atom is -0.0622 e. The van der Waals surface area contributed by atoms with E-state index in [1.165, 1.54) is 104 Å². The second-order valence-electron chi connectivity index (χ2n) is 14.1. The van der Waals surface area contributed by atoms with Crippen molar-refractivity contribution in [1.82, 2.24) is 0 Å². The molecule has 0 unspecified atom stereocenters. The van der Waals surface area contributed by atoms with E-state index in [9.17, 15) is 0 Å². The molecule has 0 fully saturated rings. The van der Waals surface area contributed by atoms with Crippen LogP contribution < -0.4 is 0 Å². The van der Waals surface area contributed by atoms with Gasteiger partial charge in [-0.25, -0.2) is 0 Å². The molecule has 10 aromatic carbocycles. The first-order valence-corrected chi connectivity index (χ1v) is 18.4. The van der Waals surface area contributed by atoms with Crippen LogP contribution >= 0.6 is 0 Å². The summed E-state index contributed by atoms with van der Waals surface area (Å²) in [6, 6.07) is 73.8. The summed E-state index contributed by atoms with van der Waals surface area (Å²) in [5.74, 6) is 0. The Balaban J connectivity index is 1.27. The predicted octanol–water partition coefficient (Wildman–Crippen LogP) is 14.9. The van der Waals surface area contributed by atoms with Crippen LogP contribution in [0.2, 0.25) is 0 Å². The van der Waals surface area contributed by atoms with Crippen molar-refractivity contribution in [2.24, 2.45) is 0 Å². The van der Waals surface area contributed by atoms with Gasteiger partial charge in [-0.2, -0.15) is 0 Å². The van der Waals surface area contributed by atoms with Crippen LogP contribution in [-0.4, -0.2) is 0 Å². The van der Waals surface area contributed by atoms with Crippen molar-refractivity contribution in [2.45, 2.75) is 6.92 Å². The van der Waals surface area contributed by atoms with E-state index in [1.54, 1.807) is 0 Å². The fourth-order valence-electron chi connectivity index (χ4n) is 8.41. The fraction of sp³-hybridized carbons (Fsp3) is 0.0189. The highest BCUT2D eigenvalue weighted by Gasteiger charge is 2.19. The molecular formula is C53H36. The zero-order valence-electron chi connectivity index (χ0n) is 29.6. The Kier molecular flexibility index (Phi) is 7.48. The van der Waals surface area contributed by atoms with Crippen LogP contribution in [0.25, 0.3) is 98.7 Å². The Morgan fingerprint density at radius 3 is 1.30 bits per heavy atom. The topological polar surface area (TPSA) is 0 Å². The van der Waals surface area contributed by atoms with Gasteiger partial charge in [-0.1, -0.05) is 188 Å². The molecule has 0 aliphatic heterocycles. The molecule has 0 heterocycles. The number of benzene rings is 10. The maximum absolute atomic E-state index is 2.42. The Morgan fingerprint density at radius 2 is 0.698 bits per heavy atom. The summed E-state index contributed by atoms with van der Waals surface area (Å²) >= 11 is 0. The van der Waals surface area contributed by atoms with Crippen molar-refractivity contribution in [1.29, 1.82) is 0 Å². The zero-order chi connectivity index (χ0) is 35.3. The molecule has 0 atom stereocenters. The van der Waals surface area contributed by atoms with Gasteiger partial charge in [0, 0.05) is 0 Å². The Hall–Kier alpha value is -6.76. The normalized spacial score (nSPS) is 11.5. The molecule has 0 heteroatoms. The van der Waals surface area contributed by atoms with Gasteiger partial charge in [0.2, 0.25) is 0 Å². The summed E-state index contributed by atoms with van der Waals surface area (Å²) in [7, 11) is 0. The Bertz CT molecular complexity index is 2990. The number of hydrogen-bond acceptors (Lipinski definition) is 0. The summed E-state index contributed by atoms with van der Waals surface area (Å²) in [6.07, 6.45) is 0. The van der Waals surface area contributed by atoms with Gasteiger partial charge in [0.15, 0.2) is 0 Å². The first-order valence-electron chi connectivity index (χ1n) is 18.4. The van der Waals surface area contributed by atoms with Crippen LogP contribution in [0, 0.1) is 6.92 Å². The maximum Gasteiger partial charge on any atom is -0.00259 e. The van der Waals surface area contributed by atoms with E-state index < -0.39 is 0 Å². The van der Waals surface area contributed by atoms with Gasteiger partial charge in [-0.15, -0.1) is 0 Å². The van der Waals surface area contributed by atoms with Crippen LogP contribution in [-0.2, 0) is 0 Å². The molecule has 0 nitrogen and oxygen atoms in total. The van der Waals surface area contributed by atoms with Crippen LogP contribution in [0.4, 0.5) is 0 Å². The van der Waals surface area contributed by atoms with Crippen molar-refractivity contribution >= 4 is 43.1 Å². The highest BCUT2D eigenvalue weighted by Crippen LogP contribution is 2.46. The average molecular weight is 673 g/mol. The number of rotatable bonds is 5. The molecule has 10 rings (SSSR count). The maximum atomic E-state index is 2.42. The highest BCUT2D eigenvalue weighted by molar-refractivity contribution is 6.22. The third kappa shape index (κ3) is 5.39. The molecule has 53 heavy (non-hydrogen) atoms. The number of aryl methyl sites for hydroxylation is 1. The monoisotopic (exact) mass is 672 g/mol. The van der Waals surface area contributed by atoms with Crippen LogP contribution in [0.5, 0.6) is 0 Å². The lowest BCUT2D eigenvalue weighted by Gasteiger charge is -2.20. The number of hydrogen-bond donors (Lipinski definition) is 0. The summed E-state index contributed by atoms with van der Waals surface area (Å²) in [6.45, 7) is 2.21. The van der Waals surface area contributed by atoms with Crippen molar-refractivity contribution in [3.63, 3.8) is 0 Å². The third-order valence-electron chi connectivity index (χ3n) is 10.9. The lowest BCUT2D eigenvalue weighted by molar-refractivity contribution is 1.51. The molecule has 0 amide bonds. The van der Waals surface area contributed by atoms with Crippen LogP contribution in [0.3, 0.4) is 0 Å². The van der Waals surface area contributed by atoms with E-state index in [0.29, 0.717) is 0 Å². The van der Waals surface area contributed by atoms with Crippen molar-refractivity contribution in [3.8, 4) is 55.6 Å². The summed E-state index contributed by atoms with van der Waals surface area (Å²) in [5.41, 5.74) is 13.6. The Labute approximate surface area is 310 Å². The molecule has 0 saturated heterocycles. The fourth-order valence-corrected chi connectivity index (χ4v) is 8.41. The van der Waals surface area contributed by atoms with E-state index in [0.717, 1.165) is 0 Å². The van der Waals surface area contributed by atoms with Crippen molar-refractivity contribution < 1.29 is 0 Å². The van der Waals surface area contributed by atoms with Crippen molar-refractivity contribution in [3.05, 3.63) is 206 Å². The van der Waals surface area contributed by atoms with Gasteiger partial charge in [-0.05, 0) is 124 Å². The lowest BCUT2D eigenvalue weighted by Crippen LogP contribution is -1.93. The molecule has 0 spiro atoms. The standard InChI is InChI=1S/C53H36/c1-35-27-29-48-50(31-35)52(42-21-9-19-40(32-42)46-25-11-17-37-15-5-7-23-44(37)46)49-30-28-39(36-13-3-2-4-14-36)34-51(49)53(48)43-22-10-20-41(33-43)47-26-12-18-38-16-6-8-24-45(38)47/h2-34H,1H3. The molecule has 0 bridgehead atoms. The van der Waals surface area contributed by atoms with E-state index >= 15 is 0 Å². The molecule has 10 aromatic rings. The molecule has 248 valence electrons. The summed E-state index contributed by atoms with van der Waals surface area (Å²) < 4.78 is 0. The SMILES string of the molecule is Cc1ccc2c(-c3cccc(-c4cccc5ccccc45)c3)c3cc(-c4ccccc4)ccc3c(-c3cccc(-c4cccc5ccccc45)c3)c2c1. The van der Waals surface area contributed by atoms with Gasteiger partial charge >= 0.3 is 0 Å². The second kappa shape index (κ2) is 12.8. The second-order valence-corrected chi connectivity index (χ2v) is 14.1. The molecular weight excluding hydrogens is 637 g/mol. The summed E-state index contributed by atoms with van der Waals surface area (Å²) in [4.78, 5) is 0. The first-order chi connectivity index (χ1) is 26.2. The lowest BCUT2D eigenvalue weighted by atomic mass is 9.83. The van der Waals surface area contributed by atoms with E-state index in [-0.39, 0.29) is 0 Å². The number of fused-ring (bicyclic) bond motifs is 4. The van der Waals surface area contributed by atoms with Gasteiger partial charge < -0.3 is 0 Å². The van der Waals surface area contributed by atoms with E-state index in [2.05, 4.69) is 207 Å². The van der Waals surface area contributed by atoms with E-state index in [4.69, 9.17) is 0 Å². The van der Waals surface area contributed by atoms with Crippen molar-refractivity contribution in [2.75, 3.05) is 0 Å². The largest absolute Gasteiger partial charge is 0.0622 e. The molecule has 0 N–H and O–H groups in total. The summed E-state index contributed by atoms with van der Waals surface area (Å²) in [5, 5.41) is 10.1. The molecule has 0 aliphatic carbocycles. The average Bonchev–Trinajstić information content (AvgIpc) is 3.22. The van der Waals surface area contributed by atoms with Gasteiger partial charge in [0.1, 0.15) is 0 Å². The first kappa shape index (κ1) is 31.0. The molecule has 0 aliphatic rings. The molecule has 0 radical (unpaired) electrons. The van der Waals surface area contributed by atoms with Gasteiger partial charge in [0.05, 0.1) is 0 Å².